The summed E-state index contributed by atoms with van der Waals surface area (Å²) in [5.41, 5.74) is 1.98. The summed E-state index contributed by atoms with van der Waals surface area (Å²) < 4.78 is 2.00. The predicted octanol–water partition coefficient (Wildman–Crippen LogP) is 3.29. The van der Waals surface area contributed by atoms with Crippen molar-refractivity contribution in [3.8, 4) is 0 Å². The van der Waals surface area contributed by atoms with Gasteiger partial charge in [0, 0.05) is 6.04 Å². The molecule has 0 radical (unpaired) electrons. The van der Waals surface area contributed by atoms with Crippen molar-refractivity contribution >= 4 is 16.9 Å². The van der Waals surface area contributed by atoms with E-state index in [9.17, 15) is 4.79 Å². The van der Waals surface area contributed by atoms with Gasteiger partial charge in [0.25, 0.3) is 0 Å². The van der Waals surface area contributed by atoms with Crippen molar-refractivity contribution in [3.05, 3.63) is 30.1 Å². The molecule has 0 spiro atoms. The summed E-state index contributed by atoms with van der Waals surface area (Å²) in [5.74, 6) is 2.23. The molecule has 1 aromatic carbocycles. The van der Waals surface area contributed by atoms with Gasteiger partial charge in [0.15, 0.2) is 0 Å². The fraction of sp³-hybridized carbons (Fsp3) is 0.556. The Balaban J connectivity index is 1.72. The predicted molar refractivity (Wildman–Crippen MR) is 88.6 cm³/mol. The van der Waals surface area contributed by atoms with E-state index >= 15 is 0 Å². The van der Waals surface area contributed by atoms with Crippen LogP contribution in [-0.4, -0.2) is 21.5 Å². The van der Waals surface area contributed by atoms with Crippen LogP contribution < -0.4 is 5.32 Å². The van der Waals surface area contributed by atoms with E-state index < -0.39 is 0 Å². The molecule has 4 heteroatoms. The number of rotatable bonds is 3. The molecule has 0 unspecified atom stereocenters. The zero-order chi connectivity index (χ0) is 15.7. The minimum absolute atomic E-state index is 0.0946. The van der Waals surface area contributed by atoms with Gasteiger partial charge in [-0.2, -0.15) is 0 Å². The summed E-state index contributed by atoms with van der Waals surface area (Å²) in [4.78, 5) is 17.0. The van der Waals surface area contributed by atoms with Crippen molar-refractivity contribution < 1.29 is 4.79 Å². The Morgan fingerprint density at radius 3 is 2.91 bits per heavy atom. The molecule has 1 heterocycles. The highest BCUT2D eigenvalue weighted by molar-refractivity contribution is 5.81. The van der Waals surface area contributed by atoms with Crippen LogP contribution in [0.5, 0.6) is 0 Å². The molecule has 2 aromatic rings. The minimum Gasteiger partial charge on any atom is -0.352 e. The van der Waals surface area contributed by atoms with E-state index in [1.807, 2.05) is 35.8 Å². The molecule has 0 bridgehead atoms. The molecule has 118 valence electrons. The topological polar surface area (TPSA) is 46.9 Å². The van der Waals surface area contributed by atoms with Crippen molar-refractivity contribution in [2.24, 2.45) is 11.8 Å². The quantitative estimate of drug-likeness (QED) is 0.945. The third-order valence-corrected chi connectivity index (χ3v) is 5.20. The number of nitrogens with zero attached hydrogens (tertiary/aromatic N) is 2. The second-order valence-corrected chi connectivity index (χ2v) is 6.68. The van der Waals surface area contributed by atoms with Gasteiger partial charge in [-0.1, -0.05) is 38.8 Å². The lowest BCUT2D eigenvalue weighted by Gasteiger charge is -2.34. The van der Waals surface area contributed by atoms with Crippen LogP contribution >= 0.6 is 0 Å². The van der Waals surface area contributed by atoms with Crippen LogP contribution in [0, 0.1) is 18.8 Å². The molecule has 1 aliphatic carbocycles. The van der Waals surface area contributed by atoms with Crippen LogP contribution in [0.2, 0.25) is 0 Å². The highest BCUT2D eigenvalue weighted by Gasteiger charge is 2.28. The molecule has 3 atom stereocenters. The highest BCUT2D eigenvalue weighted by atomic mass is 16.2. The molecular weight excluding hydrogens is 274 g/mol. The fourth-order valence-electron chi connectivity index (χ4n) is 3.58. The number of fused-ring (bicyclic) bond motifs is 1. The van der Waals surface area contributed by atoms with E-state index in [0.29, 0.717) is 24.4 Å². The molecule has 1 fully saturated rings. The monoisotopic (exact) mass is 299 g/mol. The van der Waals surface area contributed by atoms with Gasteiger partial charge < -0.3 is 9.88 Å². The minimum atomic E-state index is 0.0946. The molecule has 1 saturated carbocycles. The number of aryl methyl sites for hydroxylation is 1. The first-order valence-electron chi connectivity index (χ1n) is 8.27. The number of carbonyl (C=O) groups is 1. The highest BCUT2D eigenvalue weighted by Crippen LogP contribution is 2.29. The maximum Gasteiger partial charge on any atom is 0.240 e. The molecule has 4 nitrogen and oxygen atoms in total. The van der Waals surface area contributed by atoms with Gasteiger partial charge in [-0.3, -0.25) is 4.79 Å². The Morgan fingerprint density at radius 1 is 1.32 bits per heavy atom. The maximum atomic E-state index is 12.5. The number of carbonyl (C=O) groups excluding carboxylic acids is 1. The average molecular weight is 299 g/mol. The second-order valence-electron chi connectivity index (χ2n) is 6.68. The molecule has 1 N–H and O–H groups in total. The number of benzene rings is 1. The summed E-state index contributed by atoms with van der Waals surface area (Å²) in [6, 6.07) is 8.29. The lowest BCUT2D eigenvalue weighted by molar-refractivity contribution is -0.123. The molecule has 1 aromatic heterocycles. The number of amides is 1. The van der Waals surface area contributed by atoms with Crippen LogP contribution in [0.15, 0.2) is 24.3 Å². The summed E-state index contributed by atoms with van der Waals surface area (Å²) in [5, 5.41) is 3.24. The van der Waals surface area contributed by atoms with E-state index in [2.05, 4.69) is 24.1 Å². The molecule has 1 amide bonds. The van der Waals surface area contributed by atoms with Crippen LogP contribution in [-0.2, 0) is 11.3 Å². The second kappa shape index (κ2) is 6.11. The first-order valence-corrected chi connectivity index (χ1v) is 8.27. The summed E-state index contributed by atoms with van der Waals surface area (Å²) in [6.45, 7) is 6.85. The molecular formula is C18H25N3O. The third kappa shape index (κ3) is 2.87. The first-order chi connectivity index (χ1) is 10.6. The number of imidazole rings is 1. The summed E-state index contributed by atoms with van der Waals surface area (Å²) in [7, 11) is 0. The van der Waals surface area contributed by atoms with Gasteiger partial charge >= 0.3 is 0 Å². The largest absolute Gasteiger partial charge is 0.352 e. The maximum absolute atomic E-state index is 12.5. The van der Waals surface area contributed by atoms with Gasteiger partial charge in [0.1, 0.15) is 12.4 Å². The molecule has 3 rings (SSSR count). The lowest BCUT2D eigenvalue weighted by atomic mass is 9.78. The Kier molecular flexibility index (Phi) is 4.19. The van der Waals surface area contributed by atoms with Gasteiger partial charge in [0.05, 0.1) is 11.0 Å². The number of hydrogen-bond acceptors (Lipinski definition) is 2. The van der Waals surface area contributed by atoms with Gasteiger partial charge in [-0.25, -0.2) is 4.98 Å². The van der Waals surface area contributed by atoms with Crippen molar-refractivity contribution in [2.75, 3.05) is 0 Å². The van der Waals surface area contributed by atoms with Gasteiger partial charge in [-0.15, -0.1) is 0 Å². The lowest BCUT2D eigenvalue weighted by Crippen LogP contribution is -2.44. The zero-order valence-corrected chi connectivity index (χ0v) is 13.7. The smallest absolute Gasteiger partial charge is 0.240 e. The Hall–Kier alpha value is -1.84. The van der Waals surface area contributed by atoms with Crippen molar-refractivity contribution in [2.45, 2.75) is 52.6 Å². The third-order valence-electron chi connectivity index (χ3n) is 5.20. The molecule has 0 aliphatic heterocycles. The molecule has 22 heavy (non-hydrogen) atoms. The standard InChI is InChI=1S/C18H25N3O/c1-12-7-6-9-15(13(12)2)20-18(22)11-21-14(3)19-16-8-4-5-10-17(16)21/h4-5,8,10,12-13,15H,6-7,9,11H2,1-3H3,(H,20,22)/t12-,13-,15+/m0/s1. The molecule has 0 saturated heterocycles. The zero-order valence-electron chi connectivity index (χ0n) is 13.7. The van der Waals surface area contributed by atoms with Crippen LogP contribution in [0.3, 0.4) is 0 Å². The summed E-state index contributed by atoms with van der Waals surface area (Å²) in [6.07, 6.45) is 3.59. The Morgan fingerprint density at radius 2 is 2.09 bits per heavy atom. The number of hydrogen-bond donors (Lipinski definition) is 1. The number of para-hydroxylation sites is 2. The van der Waals surface area contributed by atoms with E-state index in [1.54, 1.807) is 0 Å². The van der Waals surface area contributed by atoms with Crippen LogP contribution in [0.25, 0.3) is 11.0 Å². The SMILES string of the molecule is Cc1nc2ccccc2n1CC(=O)N[C@@H]1CCC[C@H](C)[C@@H]1C. The number of nitrogens with one attached hydrogen (secondary N) is 1. The Bertz CT molecular complexity index is 676. The summed E-state index contributed by atoms with van der Waals surface area (Å²) >= 11 is 0. The van der Waals surface area contributed by atoms with E-state index in [4.69, 9.17) is 0 Å². The van der Waals surface area contributed by atoms with Gasteiger partial charge in [-0.05, 0) is 37.3 Å². The molecule has 1 aliphatic rings. The normalized spacial score (nSPS) is 25.3. The van der Waals surface area contributed by atoms with Crippen LogP contribution in [0.1, 0.15) is 38.9 Å². The average Bonchev–Trinajstić information content (AvgIpc) is 2.80. The van der Waals surface area contributed by atoms with Crippen molar-refractivity contribution in [1.29, 1.82) is 0 Å². The number of aromatic nitrogens is 2. The van der Waals surface area contributed by atoms with E-state index in [-0.39, 0.29) is 5.91 Å². The van der Waals surface area contributed by atoms with Crippen LogP contribution in [0.4, 0.5) is 0 Å². The van der Waals surface area contributed by atoms with Crippen molar-refractivity contribution in [3.63, 3.8) is 0 Å². The van der Waals surface area contributed by atoms with E-state index in [0.717, 1.165) is 23.3 Å². The van der Waals surface area contributed by atoms with Gasteiger partial charge in [0.2, 0.25) is 5.91 Å². The fourth-order valence-corrected chi connectivity index (χ4v) is 3.58. The Labute approximate surface area is 131 Å². The van der Waals surface area contributed by atoms with Crippen molar-refractivity contribution in [1.82, 2.24) is 14.9 Å². The van der Waals surface area contributed by atoms with E-state index in [1.165, 1.54) is 12.8 Å². The first kappa shape index (κ1) is 15.1.